The Morgan fingerprint density at radius 2 is 2.12 bits per heavy atom. The second-order valence-electron chi connectivity index (χ2n) is 6.53. The van der Waals surface area contributed by atoms with Crippen LogP contribution in [0.25, 0.3) is 0 Å². The average Bonchev–Trinajstić information content (AvgIpc) is 2.29. The van der Waals surface area contributed by atoms with Crippen LogP contribution in [0.2, 0.25) is 0 Å². The molecule has 1 aliphatic rings. The maximum atomic E-state index is 5.56. The average molecular weight is 241 g/mol. The Labute approximate surface area is 108 Å². The molecule has 0 saturated carbocycles. The minimum Gasteiger partial charge on any atom is -0.381 e. The van der Waals surface area contributed by atoms with Gasteiger partial charge in [-0.3, -0.25) is 0 Å². The quantitative estimate of drug-likeness (QED) is 0.767. The Morgan fingerprint density at radius 3 is 2.65 bits per heavy atom. The van der Waals surface area contributed by atoms with Crippen LogP contribution in [0.4, 0.5) is 0 Å². The zero-order valence-corrected chi connectivity index (χ0v) is 12.2. The largest absolute Gasteiger partial charge is 0.381 e. The third-order valence-corrected chi connectivity index (χ3v) is 3.80. The number of hydrogen-bond acceptors (Lipinski definition) is 2. The van der Waals surface area contributed by atoms with Crippen LogP contribution in [-0.4, -0.2) is 25.8 Å². The zero-order valence-electron chi connectivity index (χ0n) is 12.2. The van der Waals surface area contributed by atoms with Crippen LogP contribution in [-0.2, 0) is 4.74 Å². The molecule has 1 saturated heterocycles. The number of ether oxygens (including phenoxy) is 1. The van der Waals surface area contributed by atoms with Gasteiger partial charge < -0.3 is 10.1 Å². The fourth-order valence-corrected chi connectivity index (χ4v) is 2.60. The summed E-state index contributed by atoms with van der Waals surface area (Å²) in [6.45, 7) is 12.4. The topological polar surface area (TPSA) is 21.3 Å². The lowest BCUT2D eigenvalue weighted by Gasteiger charge is -2.33. The van der Waals surface area contributed by atoms with E-state index in [-0.39, 0.29) is 0 Å². The first-order valence-corrected chi connectivity index (χ1v) is 7.35. The van der Waals surface area contributed by atoms with Crippen LogP contribution >= 0.6 is 0 Å². The molecule has 2 unspecified atom stereocenters. The van der Waals surface area contributed by atoms with Gasteiger partial charge in [-0.05, 0) is 50.0 Å². The van der Waals surface area contributed by atoms with Gasteiger partial charge in [-0.25, -0.2) is 0 Å². The summed E-state index contributed by atoms with van der Waals surface area (Å²) >= 11 is 0. The van der Waals surface area contributed by atoms with E-state index in [9.17, 15) is 0 Å². The predicted octanol–water partition coefficient (Wildman–Crippen LogP) is 3.61. The zero-order chi connectivity index (χ0) is 12.7. The van der Waals surface area contributed by atoms with E-state index in [1.54, 1.807) is 0 Å². The molecule has 0 bridgehead atoms. The molecule has 17 heavy (non-hydrogen) atoms. The van der Waals surface area contributed by atoms with Crippen molar-refractivity contribution in [3.8, 4) is 0 Å². The van der Waals surface area contributed by atoms with Crippen LogP contribution in [0, 0.1) is 11.3 Å². The van der Waals surface area contributed by atoms with Crippen LogP contribution in [0.15, 0.2) is 0 Å². The SMILES string of the molecule is CCCNC(CCC1CCCOC1)C(C)(C)C. The molecule has 1 heterocycles. The van der Waals surface area contributed by atoms with Gasteiger partial charge in [0, 0.05) is 19.3 Å². The number of hydrogen-bond donors (Lipinski definition) is 1. The van der Waals surface area contributed by atoms with Crippen molar-refractivity contribution in [1.82, 2.24) is 5.32 Å². The van der Waals surface area contributed by atoms with E-state index in [1.807, 2.05) is 0 Å². The van der Waals surface area contributed by atoms with Gasteiger partial charge in [-0.1, -0.05) is 27.7 Å². The standard InChI is InChI=1S/C15H31NO/c1-5-10-16-14(15(2,3)4)9-8-13-7-6-11-17-12-13/h13-14,16H,5-12H2,1-4H3. The molecule has 1 rings (SSSR count). The van der Waals surface area contributed by atoms with Gasteiger partial charge in [0.15, 0.2) is 0 Å². The van der Waals surface area contributed by atoms with E-state index in [1.165, 1.54) is 32.1 Å². The van der Waals surface area contributed by atoms with Crippen molar-refractivity contribution >= 4 is 0 Å². The summed E-state index contributed by atoms with van der Waals surface area (Å²) in [7, 11) is 0. The summed E-state index contributed by atoms with van der Waals surface area (Å²) in [4.78, 5) is 0. The van der Waals surface area contributed by atoms with Crippen molar-refractivity contribution in [1.29, 1.82) is 0 Å². The van der Waals surface area contributed by atoms with E-state index in [0.717, 1.165) is 25.7 Å². The lowest BCUT2D eigenvalue weighted by atomic mass is 9.81. The highest BCUT2D eigenvalue weighted by Crippen LogP contribution is 2.27. The second kappa shape index (κ2) is 7.38. The number of nitrogens with one attached hydrogen (secondary N) is 1. The van der Waals surface area contributed by atoms with Crippen LogP contribution < -0.4 is 5.32 Å². The Hall–Kier alpha value is -0.0800. The molecular formula is C15H31NO. The first-order valence-electron chi connectivity index (χ1n) is 7.35. The summed E-state index contributed by atoms with van der Waals surface area (Å²) in [5.41, 5.74) is 0.366. The van der Waals surface area contributed by atoms with E-state index >= 15 is 0 Å². The van der Waals surface area contributed by atoms with E-state index in [4.69, 9.17) is 4.74 Å². The second-order valence-corrected chi connectivity index (χ2v) is 6.53. The maximum absolute atomic E-state index is 5.56. The summed E-state index contributed by atoms with van der Waals surface area (Å²) in [5.74, 6) is 0.803. The van der Waals surface area contributed by atoms with E-state index in [0.29, 0.717) is 11.5 Å². The fourth-order valence-electron chi connectivity index (χ4n) is 2.60. The van der Waals surface area contributed by atoms with Crippen LogP contribution in [0.1, 0.15) is 59.8 Å². The normalized spacial score (nSPS) is 23.6. The van der Waals surface area contributed by atoms with Crippen molar-refractivity contribution in [2.75, 3.05) is 19.8 Å². The van der Waals surface area contributed by atoms with Crippen molar-refractivity contribution in [3.05, 3.63) is 0 Å². The summed E-state index contributed by atoms with van der Waals surface area (Å²) in [5, 5.41) is 3.71. The van der Waals surface area contributed by atoms with Gasteiger partial charge in [0.25, 0.3) is 0 Å². The van der Waals surface area contributed by atoms with Gasteiger partial charge in [0.1, 0.15) is 0 Å². The molecule has 0 amide bonds. The highest BCUT2D eigenvalue weighted by molar-refractivity contribution is 4.81. The van der Waals surface area contributed by atoms with Crippen molar-refractivity contribution in [2.45, 2.75) is 65.8 Å². The first-order chi connectivity index (χ1) is 8.04. The Bertz CT molecular complexity index is 192. The maximum Gasteiger partial charge on any atom is 0.0494 e. The molecule has 2 nitrogen and oxygen atoms in total. The van der Waals surface area contributed by atoms with Gasteiger partial charge in [0.2, 0.25) is 0 Å². The van der Waals surface area contributed by atoms with Crippen molar-refractivity contribution in [3.63, 3.8) is 0 Å². The third kappa shape index (κ3) is 5.87. The summed E-state index contributed by atoms with van der Waals surface area (Å²) in [6.07, 6.45) is 6.45. The predicted molar refractivity (Wildman–Crippen MR) is 74.3 cm³/mol. The molecule has 2 atom stereocenters. The van der Waals surface area contributed by atoms with Crippen molar-refractivity contribution in [2.24, 2.45) is 11.3 Å². The molecule has 0 aliphatic carbocycles. The molecular weight excluding hydrogens is 210 g/mol. The molecule has 0 aromatic rings. The Balaban J connectivity index is 2.31. The van der Waals surface area contributed by atoms with Gasteiger partial charge in [0.05, 0.1) is 0 Å². The Kier molecular flexibility index (Phi) is 6.50. The lowest BCUT2D eigenvalue weighted by Crippen LogP contribution is -2.41. The number of rotatable bonds is 6. The highest BCUT2D eigenvalue weighted by atomic mass is 16.5. The molecule has 0 spiro atoms. The van der Waals surface area contributed by atoms with Gasteiger partial charge in [-0.15, -0.1) is 0 Å². The highest BCUT2D eigenvalue weighted by Gasteiger charge is 2.25. The van der Waals surface area contributed by atoms with Crippen LogP contribution in [0.5, 0.6) is 0 Å². The minimum absolute atomic E-state index is 0.366. The van der Waals surface area contributed by atoms with Gasteiger partial charge in [-0.2, -0.15) is 0 Å². The Morgan fingerprint density at radius 1 is 1.35 bits per heavy atom. The molecule has 1 N–H and O–H groups in total. The summed E-state index contributed by atoms with van der Waals surface area (Å²) < 4.78 is 5.56. The van der Waals surface area contributed by atoms with Crippen molar-refractivity contribution < 1.29 is 4.74 Å². The smallest absolute Gasteiger partial charge is 0.0494 e. The third-order valence-electron chi connectivity index (χ3n) is 3.80. The molecule has 1 aliphatic heterocycles. The van der Waals surface area contributed by atoms with E-state index < -0.39 is 0 Å². The minimum atomic E-state index is 0.366. The van der Waals surface area contributed by atoms with Gasteiger partial charge >= 0.3 is 0 Å². The monoisotopic (exact) mass is 241 g/mol. The molecule has 0 aromatic carbocycles. The lowest BCUT2D eigenvalue weighted by molar-refractivity contribution is 0.0479. The van der Waals surface area contributed by atoms with E-state index in [2.05, 4.69) is 33.0 Å². The summed E-state index contributed by atoms with van der Waals surface area (Å²) in [6, 6.07) is 0.643. The van der Waals surface area contributed by atoms with Crippen LogP contribution in [0.3, 0.4) is 0 Å². The molecule has 0 radical (unpaired) electrons. The molecule has 0 aromatic heterocycles. The molecule has 2 heteroatoms. The molecule has 1 fully saturated rings. The first kappa shape index (κ1) is 15.0. The molecule has 102 valence electrons. The fraction of sp³-hybridized carbons (Fsp3) is 1.00.